The molecule has 0 fully saturated rings. The van der Waals surface area contributed by atoms with E-state index in [2.05, 4.69) is 10.6 Å². The lowest BCUT2D eigenvalue weighted by Gasteiger charge is -2.15. The highest BCUT2D eigenvalue weighted by Gasteiger charge is 2.14. The summed E-state index contributed by atoms with van der Waals surface area (Å²) in [5.41, 5.74) is 1.08. The molecule has 0 saturated heterocycles. The Kier molecular flexibility index (Phi) is 5.34. The van der Waals surface area contributed by atoms with Gasteiger partial charge in [-0.1, -0.05) is 23.7 Å². The third-order valence-corrected chi connectivity index (χ3v) is 3.47. The van der Waals surface area contributed by atoms with Crippen molar-refractivity contribution in [2.45, 2.75) is 19.9 Å². The molecule has 2 aromatic carbocycles. The predicted octanol–water partition coefficient (Wildman–Crippen LogP) is 3.93. The van der Waals surface area contributed by atoms with Gasteiger partial charge >= 0.3 is 0 Å². The molecule has 0 bridgehead atoms. The molecule has 0 unspecified atom stereocenters. The quantitative estimate of drug-likeness (QED) is 0.890. The molecule has 120 valence electrons. The molecule has 2 rings (SSSR count). The normalized spacial score (nSPS) is 11.7. The smallest absolute Gasteiger partial charge is 0.251 e. The highest BCUT2D eigenvalue weighted by atomic mass is 35.5. The van der Waals surface area contributed by atoms with E-state index in [-0.39, 0.29) is 23.2 Å². The van der Waals surface area contributed by atoms with E-state index in [4.69, 9.17) is 11.6 Å². The molecule has 0 aliphatic rings. The fourth-order valence-electron chi connectivity index (χ4n) is 2.09. The lowest BCUT2D eigenvalue weighted by atomic mass is 10.1. The second kappa shape index (κ2) is 7.24. The van der Waals surface area contributed by atoms with Gasteiger partial charge in [0.25, 0.3) is 5.91 Å². The monoisotopic (exact) mass is 334 g/mol. The summed E-state index contributed by atoms with van der Waals surface area (Å²) in [4.78, 5) is 23.3. The Balaban J connectivity index is 2.15. The highest BCUT2D eigenvalue weighted by molar-refractivity contribution is 6.30. The van der Waals surface area contributed by atoms with Gasteiger partial charge in [-0.05, 0) is 42.8 Å². The maximum absolute atomic E-state index is 13.6. The van der Waals surface area contributed by atoms with E-state index in [0.29, 0.717) is 5.02 Å². The number of carbonyl (C=O) groups is 2. The van der Waals surface area contributed by atoms with Crippen LogP contribution in [0.25, 0.3) is 0 Å². The van der Waals surface area contributed by atoms with Crippen molar-refractivity contribution >= 4 is 29.1 Å². The Morgan fingerprint density at radius 2 is 1.91 bits per heavy atom. The summed E-state index contributed by atoms with van der Waals surface area (Å²) in [5.74, 6) is -1.38. The molecule has 2 amide bonds. The van der Waals surface area contributed by atoms with Crippen LogP contribution in [0.4, 0.5) is 10.1 Å². The van der Waals surface area contributed by atoms with Crippen molar-refractivity contribution in [3.8, 4) is 0 Å². The van der Waals surface area contributed by atoms with Gasteiger partial charge in [-0.3, -0.25) is 9.59 Å². The van der Waals surface area contributed by atoms with E-state index in [1.807, 2.05) is 13.0 Å². The summed E-state index contributed by atoms with van der Waals surface area (Å²) >= 11 is 5.93. The second-order valence-electron chi connectivity index (χ2n) is 5.13. The van der Waals surface area contributed by atoms with E-state index in [9.17, 15) is 14.0 Å². The van der Waals surface area contributed by atoms with Crippen LogP contribution < -0.4 is 10.6 Å². The minimum Gasteiger partial charge on any atom is -0.346 e. The number of carbonyl (C=O) groups excluding carboxylic acids is 2. The van der Waals surface area contributed by atoms with Gasteiger partial charge in [-0.2, -0.15) is 0 Å². The number of halogens is 2. The second-order valence-corrected chi connectivity index (χ2v) is 5.56. The lowest BCUT2D eigenvalue weighted by Crippen LogP contribution is -2.26. The predicted molar refractivity (Wildman–Crippen MR) is 88.0 cm³/mol. The van der Waals surface area contributed by atoms with Crippen LogP contribution in [0.3, 0.4) is 0 Å². The van der Waals surface area contributed by atoms with Gasteiger partial charge in [0.15, 0.2) is 0 Å². The third kappa shape index (κ3) is 4.53. The molecule has 0 radical (unpaired) electrons. The molecule has 1 atom stereocenters. The third-order valence-electron chi connectivity index (χ3n) is 3.24. The molecule has 0 saturated carbocycles. The molecule has 2 N–H and O–H groups in total. The largest absolute Gasteiger partial charge is 0.346 e. The van der Waals surface area contributed by atoms with Crippen molar-refractivity contribution in [1.29, 1.82) is 0 Å². The zero-order valence-corrected chi connectivity index (χ0v) is 13.4. The van der Waals surface area contributed by atoms with E-state index in [0.717, 1.165) is 11.6 Å². The van der Waals surface area contributed by atoms with Gasteiger partial charge in [0.2, 0.25) is 5.91 Å². The maximum Gasteiger partial charge on any atom is 0.251 e. The van der Waals surface area contributed by atoms with Crippen molar-refractivity contribution in [2.75, 3.05) is 5.32 Å². The van der Waals surface area contributed by atoms with E-state index in [1.165, 1.54) is 19.1 Å². The standard InChI is InChI=1S/C17H16ClFN2O2/c1-10(12-4-3-5-14(18)8-12)20-17(23)13-6-7-15(19)16(9-13)21-11(2)22/h3-10H,1-2H3,(H,20,23)(H,21,22)/t10-/m1/s1. The Labute approximate surface area is 138 Å². The van der Waals surface area contributed by atoms with Crippen LogP contribution in [0, 0.1) is 5.82 Å². The number of anilines is 1. The van der Waals surface area contributed by atoms with Crippen LogP contribution in [0.15, 0.2) is 42.5 Å². The molecule has 0 spiro atoms. The van der Waals surface area contributed by atoms with Crippen molar-refractivity contribution < 1.29 is 14.0 Å². The zero-order valence-electron chi connectivity index (χ0n) is 12.7. The van der Waals surface area contributed by atoms with Crippen LogP contribution in [0.1, 0.15) is 35.8 Å². The first-order valence-corrected chi connectivity index (χ1v) is 7.38. The summed E-state index contributed by atoms with van der Waals surface area (Å²) < 4.78 is 13.6. The Hall–Kier alpha value is -2.40. The first-order chi connectivity index (χ1) is 10.9. The first-order valence-electron chi connectivity index (χ1n) is 7.00. The molecular formula is C17H16ClFN2O2. The summed E-state index contributed by atoms with van der Waals surface area (Å²) in [5, 5.41) is 5.74. The van der Waals surface area contributed by atoms with Crippen molar-refractivity contribution in [1.82, 2.24) is 5.32 Å². The van der Waals surface area contributed by atoms with Crippen LogP contribution in [0.2, 0.25) is 5.02 Å². The minimum absolute atomic E-state index is 0.0273. The van der Waals surface area contributed by atoms with E-state index in [1.54, 1.807) is 18.2 Å². The number of amides is 2. The molecule has 0 aliphatic heterocycles. The summed E-state index contributed by atoms with van der Waals surface area (Å²) in [7, 11) is 0. The van der Waals surface area contributed by atoms with E-state index >= 15 is 0 Å². The van der Waals surface area contributed by atoms with Crippen LogP contribution >= 0.6 is 11.6 Å². The number of nitrogens with one attached hydrogen (secondary N) is 2. The topological polar surface area (TPSA) is 58.2 Å². The number of hydrogen-bond donors (Lipinski definition) is 2. The van der Waals surface area contributed by atoms with Crippen molar-refractivity contribution in [3.63, 3.8) is 0 Å². The summed E-state index contributed by atoms with van der Waals surface area (Å²) in [6, 6.07) is 10.7. The van der Waals surface area contributed by atoms with Crippen LogP contribution in [0.5, 0.6) is 0 Å². The summed E-state index contributed by atoms with van der Waals surface area (Å²) in [6.45, 7) is 3.09. The molecular weight excluding hydrogens is 319 g/mol. The summed E-state index contributed by atoms with van der Waals surface area (Å²) in [6.07, 6.45) is 0. The van der Waals surface area contributed by atoms with Gasteiger partial charge in [0.1, 0.15) is 5.82 Å². The Bertz CT molecular complexity index is 749. The lowest BCUT2D eigenvalue weighted by molar-refractivity contribution is -0.114. The molecule has 0 aliphatic carbocycles. The average Bonchev–Trinajstić information content (AvgIpc) is 2.48. The van der Waals surface area contributed by atoms with Gasteiger partial charge in [-0.15, -0.1) is 0 Å². The number of hydrogen-bond acceptors (Lipinski definition) is 2. The fraction of sp³-hybridized carbons (Fsp3) is 0.176. The fourth-order valence-corrected chi connectivity index (χ4v) is 2.29. The van der Waals surface area contributed by atoms with Crippen molar-refractivity contribution in [2.24, 2.45) is 0 Å². The Morgan fingerprint density at radius 3 is 2.57 bits per heavy atom. The minimum atomic E-state index is -0.598. The van der Waals surface area contributed by atoms with Gasteiger partial charge in [0, 0.05) is 17.5 Å². The number of rotatable bonds is 4. The van der Waals surface area contributed by atoms with Crippen LogP contribution in [-0.4, -0.2) is 11.8 Å². The zero-order chi connectivity index (χ0) is 17.0. The molecule has 4 nitrogen and oxygen atoms in total. The first kappa shape index (κ1) is 17.0. The molecule has 0 aromatic heterocycles. The average molecular weight is 335 g/mol. The van der Waals surface area contributed by atoms with E-state index < -0.39 is 11.7 Å². The van der Waals surface area contributed by atoms with Gasteiger partial charge in [-0.25, -0.2) is 4.39 Å². The molecule has 23 heavy (non-hydrogen) atoms. The maximum atomic E-state index is 13.6. The molecule has 0 heterocycles. The SMILES string of the molecule is CC(=O)Nc1cc(C(=O)N[C@H](C)c2cccc(Cl)c2)ccc1F. The van der Waals surface area contributed by atoms with Crippen molar-refractivity contribution in [3.05, 3.63) is 64.4 Å². The van der Waals surface area contributed by atoms with Gasteiger partial charge in [0.05, 0.1) is 11.7 Å². The Morgan fingerprint density at radius 1 is 1.17 bits per heavy atom. The number of benzene rings is 2. The van der Waals surface area contributed by atoms with Crippen LogP contribution in [-0.2, 0) is 4.79 Å². The van der Waals surface area contributed by atoms with Gasteiger partial charge < -0.3 is 10.6 Å². The molecule has 2 aromatic rings. The molecule has 6 heteroatoms. The highest BCUT2D eigenvalue weighted by Crippen LogP contribution is 2.19.